The zero-order valence-electron chi connectivity index (χ0n) is 21.8. The molecule has 2 heteroatoms. The third-order valence-corrected chi connectivity index (χ3v) is 7.25. The van der Waals surface area contributed by atoms with Crippen LogP contribution in [0.5, 0.6) is 0 Å². The fraction of sp³-hybridized carbons (Fsp3) is 0.469. The first-order chi connectivity index (χ1) is 16.1. The molecule has 180 valence electrons. The molecule has 1 aliphatic carbocycles. The Balaban J connectivity index is 2.19. The van der Waals surface area contributed by atoms with E-state index in [4.69, 9.17) is 5.26 Å². The lowest BCUT2D eigenvalue weighted by molar-refractivity contribution is -0.0610. The van der Waals surface area contributed by atoms with Gasteiger partial charge in [0.2, 0.25) is 0 Å². The molecule has 3 rings (SSSR count). The molecule has 2 aromatic rings. The van der Waals surface area contributed by atoms with Crippen molar-refractivity contribution < 1.29 is 5.11 Å². The Morgan fingerprint density at radius 1 is 0.941 bits per heavy atom. The van der Waals surface area contributed by atoms with Crippen LogP contribution in [0.3, 0.4) is 0 Å². The van der Waals surface area contributed by atoms with Gasteiger partial charge in [-0.05, 0) is 70.9 Å². The minimum atomic E-state index is -1.07. The van der Waals surface area contributed by atoms with Crippen LogP contribution in [0.15, 0.2) is 66.8 Å². The Morgan fingerprint density at radius 2 is 1.65 bits per heavy atom. The zero-order chi connectivity index (χ0) is 24.9. The van der Waals surface area contributed by atoms with E-state index in [0.717, 1.165) is 24.8 Å². The number of hydrogen-bond acceptors (Lipinski definition) is 2. The quantitative estimate of drug-likeness (QED) is 0.418. The first kappa shape index (κ1) is 26.0. The monoisotopic (exact) mass is 455 g/mol. The Kier molecular flexibility index (Phi) is 8.21. The number of nitrogens with zero attached hydrogens (tertiary/aromatic N) is 1. The van der Waals surface area contributed by atoms with Crippen LogP contribution in [0.1, 0.15) is 76.6 Å². The van der Waals surface area contributed by atoms with Gasteiger partial charge in [0.25, 0.3) is 0 Å². The minimum Gasteiger partial charge on any atom is -0.380 e. The molecular formula is C32H41NO. The summed E-state index contributed by atoms with van der Waals surface area (Å²) in [6, 6.07) is 19.1. The van der Waals surface area contributed by atoms with Crippen molar-refractivity contribution in [1.29, 1.82) is 5.26 Å². The van der Waals surface area contributed by atoms with Crippen molar-refractivity contribution in [2.75, 3.05) is 0 Å². The summed E-state index contributed by atoms with van der Waals surface area (Å²) in [5.74, 6) is 1.21. The molecular weight excluding hydrogens is 414 g/mol. The Bertz CT molecular complexity index is 1070. The minimum absolute atomic E-state index is 0.239. The molecule has 2 nitrogen and oxygen atoms in total. The number of aliphatic hydroxyl groups is 1. The topological polar surface area (TPSA) is 44.0 Å². The summed E-state index contributed by atoms with van der Waals surface area (Å²) in [5, 5.41) is 21.4. The van der Waals surface area contributed by atoms with Crippen LogP contribution in [0.2, 0.25) is 0 Å². The molecule has 0 spiro atoms. The Morgan fingerprint density at radius 3 is 2.24 bits per heavy atom. The summed E-state index contributed by atoms with van der Waals surface area (Å²) in [6.45, 7) is 13.5. The van der Waals surface area contributed by atoms with E-state index >= 15 is 0 Å². The van der Waals surface area contributed by atoms with Gasteiger partial charge in [-0.1, -0.05) is 102 Å². The van der Waals surface area contributed by atoms with Crippen LogP contribution in [0.4, 0.5) is 0 Å². The highest BCUT2D eigenvalue weighted by atomic mass is 16.3. The van der Waals surface area contributed by atoms with Gasteiger partial charge in [0.05, 0.1) is 6.07 Å². The highest BCUT2D eigenvalue weighted by Gasteiger charge is 2.52. The molecule has 0 fully saturated rings. The SMILES string of the molecule is CC(C)Cc1cc(CCC#N)ccc1C1=CC(CC(C)C)(C(C)C)C(O)(c2ccccc2)C=C1. The first-order valence-electron chi connectivity index (χ1n) is 12.8. The fourth-order valence-electron chi connectivity index (χ4n) is 5.65. The third kappa shape index (κ3) is 5.21. The second-order valence-corrected chi connectivity index (χ2v) is 11.1. The standard InChI is InChI=1S/C32H41NO/c1-23(2)19-28-20-26(11-10-18-33)14-15-30(28)27-16-17-32(34,29-12-8-7-9-13-29)31(22-27,25(5)6)21-24(3)4/h7-9,12-17,20,22-25,34H,10-11,19,21H2,1-6H3. The molecule has 0 heterocycles. The van der Waals surface area contributed by atoms with Gasteiger partial charge in [0.15, 0.2) is 0 Å². The van der Waals surface area contributed by atoms with E-state index in [1.54, 1.807) is 0 Å². The van der Waals surface area contributed by atoms with E-state index in [1.165, 1.54) is 22.3 Å². The summed E-state index contributed by atoms with van der Waals surface area (Å²) >= 11 is 0. The number of hydrogen-bond donors (Lipinski definition) is 1. The Hall–Kier alpha value is -2.63. The van der Waals surface area contributed by atoms with Crippen LogP contribution in [-0.2, 0) is 18.4 Å². The Labute approximate surface area is 207 Å². The van der Waals surface area contributed by atoms with Gasteiger partial charge >= 0.3 is 0 Å². The van der Waals surface area contributed by atoms with Crippen LogP contribution in [0.25, 0.3) is 5.57 Å². The van der Waals surface area contributed by atoms with Crippen molar-refractivity contribution in [3.63, 3.8) is 0 Å². The first-order valence-corrected chi connectivity index (χ1v) is 12.8. The van der Waals surface area contributed by atoms with E-state index in [0.29, 0.717) is 18.3 Å². The maximum atomic E-state index is 12.3. The average molecular weight is 456 g/mol. The normalized spacial score (nSPS) is 22.3. The molecule has 0 bridgehead atoms. The van der Waals surface area contributed by atoms with Gasteiger partial charge in [-0.2, -0.15) is 5.26 Å². The predicted octanol–water partition coefficient (Wildman–Crippen LogP) is 7.87. The molecule has 0 saturated carbocycles. The maximum absolute atomic E-state index is 12.3. The number of nitriles is 1. The summed E-state index contributed by atoms with van der Waals surface area (Å²) in [6.07, 6.45) is 9.75. The van der Waals surface area contributed by atoms with Gasteiger partial charge in [0, 0.05) is 11.8 Å². The average Bonchev–Trinajstić information content (AvgIpc) is 2.79. The van der Waals surface area contributed by atoms with E-state index in [-0.39, 0.29) is 5.92 Å². The van der Waals surface area contributed by atoms with Crippen molar-refractivity contribution in [3.8, 4) is 6.07 Å². The van der Waals surface area contributed by atoms with Crippen molar-refractivity contribution in [2.45, 2.75) is 72.8 Å². The molecule has 0 aliphatic heterocycles. The lowest BCUT2D eigenvalue weighted by atomic mass is 9.56. The number of aryl methyl sites for hydroxylation is 1. The van der Waals surface area contributed by atoms with Crippen LogP contribution in [0, 0.1) is 34.5 Å². The largest absolute Gasteiger partial charge is 0.380 e. The lowest BCUT2D eigenvalue weighted by Crippen LogP contribution is -2.49. The maximum Gasteiger partial charge on any atom is 0.117 e. The van der Waals surface area contributed by atoms with Crippen LogP contribution in [-0.4, -0.2) is 5.11 Å². The molecule has 34 heavy (non-hydrogen) atoms. The summed E-state index contributed by atoms with van der Waals surface area (Å²) in [5.41, 5.74) is 4.44. The zero-order valence-corrected chi connectivity index (χ0v) is 21.8. The van der Waals surface area contributed by atoms with Gasteiger partial charge in [-0.15, -0.1) is 0 Å². The molecule has 1 aliphatic rings. The summed E-state index contributed by atoms with van der Waals surface area (Å²) in [4.78, 5) is 0. The smallest absolute Gasteiger partial charge is 0.117 e. The molecule has 0 saturated heterocycles. The summed E-state index contributed by atoms with van der Waals surface area (Å²) in [7, 11) is 0. The molecule has 2 unspecified atom stereocenters. The van der Waals surface area contributed by atoms with Crippen molar-refractivity contribution >= 4 is 5.57 Å². The van der Waals surface area contributed by atoms with E-state index < -0.39 is 11.0 Å². The number of rotatable bonds is 9. The predicted molar refractivity (Wildman–Crippen MR) is 143 cm³/mol. The van der Waals surface area contributed by atoms with Gasteiger partial charge < -0.3 is 5.11 Å². The van der Waals surface area contributed by atoms with Crippen molar-refractivity contribution in [1.82, 2.24) is 0 Å². The number of allylic oxidation sites excluding steroid dienone is 2. The van der Waals surface area contributed by atoms with E-state index in [2.05, 4.69) is 90.1 Å². The van der Waals surface area contributed by atoms with Gasteiger partial charge in [-0.25, -0.2) is 0 Å². The number of benzene rings is 2. The van der Waals surface area contributed by atoms with Gasteiger partial charge in [0.1, 0.15) is 5.60 Å². The van der Waals surface area contributed by atoms with Crippen LogP contribution < -0.4 is 0 Å². The second-order valence-electron chi connectivity index (χ2n) is 11.1. The molecule has 0 amide bonds. The highest BCUT2D eigenvalue weighted by Crippen LogP contribution is 2.55. The third-order valence-electron chi connectivity index (χ3n) is 7.25. The van der Waals surface area contributed by atoms with Crippen molar-refractivity contribution in [2.24, 2.45) is 23.2 Å². The lowest BCUT2D eigenvalue weighted by Gasteiger charge is -2.50. The molecule has 1 N–H and O–H groups in total. The van der Waals surface area contributed by atoms with E-state index in [1.807, 2.05) is 24.3 Å². The molecule has 2 aromatic carbocycles. The summed E-state index contributed by atoms with van der Waals surface area (Å²) < 4.78 is 0. The highest BCUT2D eigenvalue weighted by molar-refractivity contribution is 5.79. The van der Waals surface area contributed by atoms with E-state index in [9.17, 15) is 5.11 Å². The molecule has 0 aromatic heterocycles. The van der Waals surface area contributed by atoms with Crippen molar-refractivity contribution in [3.05, 3.63) is 89.0 Å². The fourth-order valence-corrected chi connectivity index (χ4v) is 5.65. The second kappa shape index (κ2) is 10.7. The van der Waals surface area contributed by atoms with Crippen LogP contribution >= 0.6 is 0 Å². The molecule has 2 atom stereocenters. The van der Waals surface area contributed by atoms with Gasteiger partial charge in [-0.3, -0.25) is 0 Å². The molecule has 0 radical (unpaired) electrons.